The van der Waals surface area contributed by atoms with Crippen LogP contribution in [-0.4, -0.2) is 30.7 Å². The van der Waals surface area contributed by atoms with Crippen molar-refractivity contribution in [1.82, 2.24) is 4.90 Å². The number of benzene rings is 1. The molecule has 0 amide bonds. The summed E-state index contributed by atoms with van der Waals surface area (Å²) in [5.74, 6) is 0. The summed E-state index contributed by atoms with van der Waals surface area (Å²) in [4.78, 5) is 2.05. The maximum absolute atomic E-state index is 14.4. The van der Waals surface area contributed by atoms with E-state index < -0.39 is 5.67 Å². The summed E-state index contributed by atoms with van der Waals surface area (Å²) >= 11 is 0. The molecule has 1 aliphatic rings. The number of hydrogen-bond acceptors (Lipinski definition) is 2. The van der Waals surface area contributed by atoms with Crippen molar-refractivity contribution < 1.29 is 4.39 Å². The van der Waals surface area contributed by atoms with E-state index in [1.165, 1.54) is 0 Å². The molecule has 0 aromatic heterocycles. The van der Waals surface area contributed by atoms with Crippen molar-refractivity contribution >= 4 is 0 Å². The van der Waals surface area contributed by atoms with Crippen molar-refractivity contribution in [3.8, 4) is 0 Å². The van der Waals surface area contributed by atoms with E-state index in [4.69, 9.17) is 5.73 Å². The Morgan fingerprint density at radius 2 is 1.94 bits per heavy atom. The Kier molecular flexibility index (Phi) is 3.26. The summed E-state index contributed by atoms with van der Waals surface area (Å²) in [6.45, 7) is 1.95. The minimum absolute atomic E-state index is 0.516. The third-order valence-electron chi connectivity index (χ3n) is 3.27. The van der Waals surface area contributed by atoms with Crippen LogP contribution >= 0.6 is 0 Å². The smallest absolute Gasteiger partial charge is 0.128 e. The molecule has 0 saturated carbocycles. The van der Waals surface area contributed by atoms with Gasteiger partial charge in [-0.15, -0.1) is 0 Å². The molecule has 88 valence electrons. The molecule has 1 fully saturated rings. The molecule has 0 spiro atoms. The van der Waals surface area contributed by atoms with Crippen LogP contribution in [0.4, 0.5) is 4.39 Å². The molecule has 1 aromatic rings. The van der Waals surface area contributed by atoms with Gasteiger partial charge in [0, 0.05) is 26.1 Å². The van der Waals surface area contributed by atoms with E-state index in [0.29, 0.717) is 25.9 Å². The van der Waals surface area contributed by atoms with Crippen LogP contribution in [0.3, 0.4) is 0 Å². The van der Waals surface area contributed by atoms with E-state index in [9.17, 15) is 4.39 Å². The van der Waals surface area contributed by atoms with Crippen LogP contribution in [0.2, 0.25) is 0 Å². The molecular formula is C13H19FN2. The van der Waals surface area contributed by atoms with Gasteiger partial charge in [0.05, 0.1) is 0 Å². The molecule has 16 heavy (non-hydrogen) atoms. The lowest BCUT2D eigenvalue weighted by molar-refractivity contribution is 0.173. The maximum Gasteiger partial charge on any atom is 0.128 e. The fourth-order valence-electron chi connectivity index (χ4n) is 2.34. The molecule has 2 rings (SSSR count). The molecule has 1 unspecified atom stereocenters. The highest BCUT2D eigenvalue weighted by atomic mass is 19.1. The summed E-state index contributed by atoms with van der Waals surface area (Å²) < 4.78 is 14.4. The van der Waals surface area contributed by atoms with Crippen LogP contribution in [0.25, 0.3) is 0 Å². The average molecular weight is 222 g/mol. The molecule has 1 atom stereocenters. The SMILES string of the molecule is CN1CCC(F)(Cc2ccc(CN)cc2)C1. The van der Waals surface area contributed by atoms with Crippen LogP contribution < -0.4 is 5.73 Å². The van der Waals surface area contributed by atoms with E-state index in [0.717, 1.165) is 17.7 Å². The van der Waals surface area contributed by atoms with E-state index in [1.807, 2.05) is 36.2 Å². The average Bonchev–Trinajstić information content (AvgIpc) is 2.59. The first-order chi connectivity index (χ1) is 7.61. The predicted molar refractivity (Wildman–Crippen MR) is 64.0 cm³/mol. The summed E-state index contributed by atoms with van der Waals surface area (Å²) in [5.41, 5.74) is 6.65. The van der Waals surface area contributed by atoms with Crippen LogP contribution in [0.15, 0.2) is 24.3 Å². The van der Waals surface area contributed by atoms with Crippen molar-refractivity contribution in [3.05, 3.63) is 35.4 Å². The monoisotopic (exact) mass is 222 g/mol. The van der Waals surface area contributed by atoms with Crippen molar-refractivity contribution in [3.63, 3.8) is 0 Å². The number of hydrogen-bond donors (Lipinski definition) is 1. The quantitative estimate of drug-likeness (QED) is 0.844. The van der Waals surface area contributed by atoms with Gasteiger partial charge >= 0.3 is 0 Å². The Bertz CT molecular complexity index is 349. The predicted octanol–water partition coefficient (Wildman–Crippen LogP) is 1.73. The number of alkyl halides is 1. The second-order valence-electron chi connectivity index (χ2n) is 4.84. The third-order valence-corrected chi connectivity index (χ3v) is 3.27. The zero-order valence-corrected chi connectivity index (χ0v) is 9.75. The standard InChI is InChI=1S/C13H19FN2/c1-16-7-6-13(14,10-16)8-11-2-4-12(9-15)5-3-11/h2-5H,6-10,15H2,1H3. The number of likely N-dealkylation sites (tertiary alicyclic amines) is 1. The van der Waals surface area contributed by atoms with Crippen molar-refractivity contribution in [2.45, 2.75) is 25.1 Å². The highest BCUT2D eigenvalue weighted by Gasteiger charge is 2.36. The van der Waals surface area contributed by atoms with Crippen LogP contribution in [0, 0.1) is 0 Å². The Hall–Kier alpha value is -0.930. The van der Waals surface area contributed by atoms with Crippen LogP contribution in [-0.2, 0) is 13.0 Å². The number of nitrogens with zero attached hydrogens (tertiary/aromatic N) is 1. The van der Waals surface area contributed by atoms with Gasteiger partial charge in [-0.1, -0.05) is 24.3 Å². The molecule has 0 radical (unpaired) electrons. The second-order valence-corrected chi connectivity index (χ2v) is 4.84. The second kappa shape index (κ2) is 4.52. The number of rotatable bonds is 3. The van der Waals surface area contributed by atoms with E-state index in [-0.39, 0.29) is 0 Å². The Morgan fingerprint density at radius 1 is 1.31 bits per heavy atom. The maximum atomic E-state index is 14.4. The van der Waals surface area contributed by atoms with Crippen LogP contribution in [0.5, 0.6) is 0 Å². The van der Waals surface area contributed by atoms with Gasteiger partial charge in [-0.05, 0) is 24.6 Å². The molecule has 3 heteroatoms. The van der Waals surface area contributed by atoms with Gasteiger partial charge in [0.15, 0.2) is 0 Å². The minimum atomic E-state index is -1.04. The Morgan fingerprint density at radius 3 is 2.44 bits per heavy atom. The molecule has 1 aliphatic heterocycles. The van der Waals surface area contributed by atoms with Gasteiger partial charge in [-0.2, -0.15) is 0 Å². The third kappa shape index (κ3) is 2.60. The Labute approximate surface area is 96.2 Å². The lowest BCUT2D eigenvalue weighted by atomic mass is 9.95. The molecule has 2 N–H and O–H groups in total. The summed E-state index contributed by atoms with van der Waals surface area (Å²) in [6.07, 6.45) is 1.16. The highest BCUT2D eigenvalue weighted by molar-refractivity contribution is 5.24. The number of nitrogens with two attached hydrogens (primary N) is 1. The van der Waals surface area contributed by atoms with Crippen molar-refractivity contribution in [1.29, 1.82) is 0 Å². The summed E-state index contributed by atoms with van der Waals surface area (Å²) in [5, 5.41) is 0. The fourth-order valence-corrected chi connectivity index (χ4v) is 2.34. The van der Waals surface area contributed by atoms with Gasteiger partial charge in [0.1, 0.15) is 5.67 Å². The molecule has 1 saturated heterocycles. The zero-order chi connectivity index (χ0) is 11.6. The van der Waals surface area contributed by atoms with Gasteiger partial charge in [0.25, 0.3) is 0 Å². The molecule has 0 bridgehead atoms. The Balaban J connectivity index is 2.03. The normalized spacial score (nSPS) is 26.2. The fraction of sp³-hybridized carbons (Fsp3) is 0.538. The van der Waals surface area contributed by atoms with Gasteiger partial charge in [-0.3, -0.25) is 0 Å². The lowest BCUT2D eigenvalue weighted by Crippen LogP contribution is -2.29. The lowest BCUT2D eigenvalue weighted by Gasteiger charge is -2.19. The zero-order valence-electron chi connectivity index (χ0n) is 9.75. The minimum Gasteiger partial charge on any atom is -0.326 e. The first-order valence-electron chi connectivity index (χ1n) is 5.77. The first-order valence-corrected chi connectivity index (χ1v) is 5.77. The molecule has 1 aromatic carbocycles. The van der Waals surface area contributed by atoms with E-state index >= 15 is 0 Å². The number of halogens is 1. The topological polar surface area (TPSA) is 29.3 Å². The van der Waals surface area contributed by atoms with Crippen LogP contribution in [0.1, 0.15) is 17.5 Å². The molecule has 1 heterocycles. The first kappa shape index (κ1) is 11.6. The molecule has 0 aliphatic carbocycles. The van der Waals surface area contributed by atoms with Gasteiger partial charge in [0.2, 0.25) is 0 Å². The van der Waals surface area contributed by atoms with Gasteiger partial charge < -0.3 is 10.6 Å². The summed E-state index contributed by atoms with van der Waals surface area (Å²) in [7, 11) is 1.97. The summed E-state index contributed by atoms with van der Waals surface area (Å²) in [6, 6.07) is 7.94. The van der Waals surface area contributed by atoms with Crippen molar-refractivity contribution in [2.24, 2.45) is 5.73 Å². The van der Waals surface area contributed by atoms with Gasteiger partial charge in [-0.25, -0.2) is 4.39 Å². The van der Waals surface area contributed by atoms with E-state index in [1.54, 1.807) is 0 Å². The molecular weight excluding hydrogens is 203 g/mol. The molecule has 2 nitrogen and oxygen atoms in total. The highest BCUT2D eigenvalue weighted by Crippen LogP contribution is 2.28. The van der Waals surface area contributed by atoms with E-state index in [2.05, 4.69) is 0 Å². The largest absolute Gasteiger partial charge is 0.326 e. The van der Waals surface area contributed by atoms with Crippen molar-refractivity contribution in [2.75, 3.05) is 20.1 Å².